The normalized spacial score (nSPS) is 9.42. The highest BCUT2D eigenvalue weighted by molar-refractivity contribution is 5.63. The molecule has 0 saturated carbocycles. The van der Waals surface area contributed by atoms with Crippen LogP contribution in [-0.2, 0) is 6.42 Å². The number of rotatable bonds is 5. The lowest BCUT2D eigenvalue weighted by Gasteiger charge is -2.04. The van der Waals surface area contributed by atoms with E-state index in [0.717, 1.165) is 0 Å². The lowest BCUT2D eigenvalue weighted by atomic mass is 10.0. The molecule has 19 heavy (non-hydrogen) atoms. The van der Waals surface area contributed by atoms with E-state index in [2.05, 4.69) is 74.4 Å². The molecule has 0 nitrogen and oxygen atoms in total. The number of terminal acetylenes is 1. The summed E-state index contributed by atoms with van der Waals surface area (Å²) in [4.78, 5) is 0. The average molecular weight is 250 g/mol. The SMILES string of the molecule is C#C.CCCCCc1ccc(-c2ccccc2)cc1. The minimum atomic E-state index is 1.21. The second-order valence-electron chi connectivity index (χ2n) is 4.52. The second-order valence-corrected chi connectivity index (χ2v) is 4.52. The van der Waals surface area contributed by atoms with Gasteiger partial charge < -0.3 is 0 Å². The number of hydrogen-bond donors (Lipinski definition) is 0. The molecule has 0 heteroatoms. The van der Waals surface area contributed by atoms with Crippen molar-refractivity contribution in [1.29, 1.82) is 0 Å². The maximum absolute atomic E-state index is 4.00. The number of unbranched alkanes of at least 4 members (excludes halogenated alkanes) is 2. The minimum absolute atomic E-state index is 1.21. The summed E-state index contributed by atoms with van der Waals surface area (Å²) < 4.78 is 0. The van der Waals surface area contributed by atoms with Crippen molar-refractivity contribution in [2.75, 3.05) is 0 Å². The molecular weight excluding hydrogens is 228 g/mol. The van der Waals surface area contributed by atoms with E-state index in [-0.39, 0.29) is 0 Å². The standard InChI is InChI=1S/C17H20.C2H2/c1-2-3-5-8-15-11-13-17(14-12-15)16-9-6-4-7-10-16;1-2/h4,6-7,9-14H,2-3,5,8H2,1H3;1-2H. The summed E-state index contributed by atoms with van der Waals surface area (Å²) in [6, 6.07) is 19.5. The molecule has 0 aromatic heterocycles. The largest absolute Gasteiger partial charge is 0.124 e. The number of aryl methyl sites for hydroxylation is 1. The van der Waals surface area contributed by atoms with E-state index in [1.165, 1.54) is 42.4 Å². The first kappa shape index (κ1) is 15.1. The number of hydrogen-bond acceptors (Lipinski definition) is 0. The first-order valence-electron chi connectivity index (χ1n) is 6.88. The summed E-state index contributed by atoms with van der Waals surface area (Å²) in [7, 11) is 0. The Labute approximate surface area is 117 Å². The van der Waals surface area contributed by atoms with Crippen LogP contribution < -0.4 is 0 Å². The van der Waals surface area contributed by atoms with Crippen LogP contribution in [0.4, 0.5) is 0 Å². The zero-order valence-corrected chi connectivity index (χ0v) is 11.7. The third-order valence-electron chi connectivity index (χ3n) is 3.13. The predicted octanol–water partition coefficient (Wildman–Crippen LogP) is 5.34. The molecule has 0 unspecified atom stereocenters. The highest BCUT2D eigenvalue weighted by Gasteiger charge is 1.97. The summed E-state index contributed by atoms with van der Waals surface area (Å²) >= 11 is 0. The van der Waals surface area contributed by atoms with Gasteiger partial charge in [0, 0.05) is 0 Å². The molecule has 2 aromatic rings. The van der Waals surface area contributed by atoms with Crippen LogP contribution in [-0.4, -0.2) is 0 Å². The van der Waals surface area contributed by atoms with Crippen molar-refractivity contribution >= 4 is 0 Å². The predicted molar refractivity (Wildman–Crippen MR) is 85.0 cm³/mol. The minimum Gasteiger partial charge on any atom is -0.124 e. The van der Waals surface area contributed by atoms with Crippen LogP contribution in [0.2, 0.25) is 0 Å². The summed E-state index contributed by atoms with van der Waals surface area (Å²) in [5.74, 6) is 0. The van der Waals surface area contributed by atoms with E-state index in [1.54, 1.807) is 0 Å². The lowest BCUT2D eigenvalue weighted by Crippen LogP contribution is -1.85. The molecule has 0 amide bonds. The molecule has 0 heterocycles. The fourth-order valence-electron chi connectivity index (χ4n) is 2.07. The molecule has 0 aliphatic carbocycles. The fourth-order valence-corrected chi connectivity index (χ4v) is 2.07. The topological polar surface area (TPSA) is 0 Å². The molecule has 0 aliphatic rings. The van der Waals surface area contributed by atoms with Crippen molar-refractivity contribution in [3.8, 4) is 24.0 Å². The van der Waals surface area contributed by atoms with E-state index in [9.17, 15) is 0 Å². The van der Waals surface area contributed by atoms with E-state index in [4.69, 9.17) is 0 Å². The second kappa shape index (κ2) is 9.00. The van der Waals surface area contributed by atoms with E-state index in [1.807, 2.05) is 0 Å². The smallest absolute Gasteiger partial charge is 0.0184 e. The van der Waals surface area contributed by atoms with Gasteiger partial charge in [-0.25, -0.2) is 0 Å². The Morgan fingerprint density at radius 2 is 1.32 bits per heavy atom. The van der Waals surface area contributed by atoms with Crippen LogP contribution >= 0.6 is 0 Å². The zero-order valence-electron chi connectivity index (χ0n) is 11.7. The van der Waals surface area contributed by atoms with Crippen molar-refractivity contribution in [1.82, 2.24) is 0 Å². The lowest BCUT2D eigenvalue weighted by molar-refractivity contribution is 0.717. The molecule has 0 radical (unpaired) electrons. The highest BCUT2D eigenvalue weighted by atomic mass is 14.0. The molecule has 2 rings (SSSR count). The molecule has 0 spiro atoms. The Morgan fingerprint density at radius 3 is 1.89 bits per heavy atom. The van der Waals surface area contributed by atoms with Gasteiger partial charge in [-0.05, 0) is 29.5 Å². The molecule has 0 aliphatic heterocycles. The third-order valence-corrected chi connectivity index (χ3v) is 3.13. The van der Waals surface area contributed by atoms with Gasteiger partial charge in [0.2, 0.25) is 0 Å². The summed E-state index contributed by atoms with van der Waals surface area (Å²) in [6.45, 7) is 2.25. The Hall–Kier alpha value is -2.00. The first-order valence-corrected chi connectivity index (χ1v) is 6.88. The van der Waals surface area contributed by atoms with E-state index >= 15 is 0 Å². The summed E-state index contributed by atoms with van der Waals surface area (Å²) in [5.41, 5.74) is 4.07. The van der Waals surface area contributed by atoms with Crippen molar-refractivity contribution in [3.63, 3.8) is 0 Å². The van der Waals surface area contributed by atoms with Gasteiger partial charge in [0.15, 0.2) is 0 Å². The van der Waals surface area contributed by atoms with Gasteiger partial charge in [0.25, 0.3) is 0 Å². The number of benzene rings is 2. The van der Waals surface area contributed by atoms with Crippen molar-refractivity contribution < 1.29 is 0 Å². The molecule has 0 atom stereocenters. The molecule has 0 fully saturated rings. The zero-order chi connectivity index (χ0) is 13.9. The van der Waals surface area contributed by atoms with Gasteiger partial charge in [0.05, 0.1) is 0 Å². The Morgan fingerprint density at radius 1 is 0.737 bits per heavy atom. The summed E-state index contributed by atoms with van der Waals surface area (Å²) in [5, 5.41) is 0. The Balaban J connectivity index is 0.000000861. The molecule has 98 valence electrons. The van der Waals surface area contributed by atoms with Crippen LogP contribution in [0.5, 0.6) is 0 Å². The van der Waals surface area contributed by atoms with Crippen molar-refractivity contribution in [2.45, 2.75) is 32.6 Å². The maximum atomic E-state index is 4.00. The quantitative estimate of drug-likeness (QED) is 0.496. The van der Waals surface area contributed by atoms with Crippen molar-refractivity contribution in [3.05, 3.63) is 60.2 Å². The molecule has 2 aromatic carbocycles. The van der Waals surface area contributed by atoms with Crippen LogP contribution in [0.1, 0.15) is 31.7 Å². The van der Waals surface area contributed by atoms with Gasteiger partial charge >= 0.3 is 0 Å². The fraction of sp³-hybridized carbons (Fsp3) is 0.263. The first-order chi connectivity index (χ1) is 9.40. The average Bonchev–Trinajstić information content (AvgIpc) is 2.51. The molecular formula is C19H22. The maximum Gasteiger partial charge on any atom is -0.0184 e. The van der Waals surface area contributed by atoms with Gasteiger partial charge in [0.1, 0.15) is 0 Å². The molecule has 0 N–H and O–H groups in total. The van der Waals surface area contributed by atoms with Gasteiger partial charge in [-0.3, -0.25) is 0 Å². The van der Waals surface area contributed by atoms with Crippen LogP contribution in [0.15, 0.2) is 54.6 Å². The van der Waals surface area contributed by atoms with E-state index in [0.29, 0.717) is 0 Å². The summed E-state index contributed by atoms with van der Waals surface area (Å²) in [6.07, 6.45) is 13.1. The van der Waals surface area contributed by atoms with Crippen LogP contribution in [0.25, 0.3) is 11.1 Å². The van der Waals surface area contributed by atoms with E-state index < -0.39 is 0 Å². The third kappa shape index (κ3) is 5.02. The Bertz CT molecular complexity index is 462. The highest BCUT2D eigenvalue weighted by Crippen LogP contribution is 2.19. The Kier molecular flexibility index (Phi) is 7.13. The van der Waals surface area contributed by atoms with Crippen LogP contribution in [0, 0.1) is 12.8 Å². The van der Waals surface area contributed by atoms with Gasteiger partial charge in [-0.15, -0.1) is 12.8 Å². The molecule has 0 saturated heterocycles. The molecule has 0 bridgehead atoms. The van der Waals surface area contributed by atoms with Crippen molar-refractivity contribution in [2.24, 2.45) is 0 Å². The van der Waals surface area contributed by atoms with Gasteiger partial charge in [-0.2, -0.15) is 0 Å². The monoisotopic (exact) mass is 250 g/mol. The van der Waals surface area contributed by atoms with Crippen LogP contribution in [0.3, 0.4) is 0 Å². The van der Waals surface area contributed by atoms with Gasteiger partial charge in [-0.1, -0.05) is 74.4 Å².